The van der Waals surface area contributed by atoms with Gasteiger partial charge >= 0.3 is 0 Å². The highest BCUT2D eigenvalue weighted by Gasteiger charge is 2.12. The van der Waals surface area contributed by atoms with Crippen molar-refractivity contribution in [3.63, 3.8) is 0 Å². The predicted molar refractivity (Wildman–Crippen MR) is 95.0 cm³/mol. The zero-order chi connectivity index (χ0) is 15.6. The third-order valence-corrected chi connectivity index (χ3v) is 4.29. The van der Waals surface area contributed by atoms with Crippen molar-refractivity contribution in [2.75, 3.05) is 30.0 Å². The predicted octanol–water partition coefficient (Wildman–Crippen LogP) is 4.11. The number of halogens is 2. The second-order valence-corrected chi connectivity index (χ2v) is 6.43. The van der Waals surface area contributed by atoms with E-state index in [0.29, 0.717) is 16.9 Å². The largest absolute Gasteiger partial charge is 0.397 e. The SMILES string of the molecule is CN(C)c1ccc(C(=O)Nc2c(Br)cccc2Br)cc1N. The Balaban J connectivity index is 2.27. The Bertz CT molecular complexity index is 666. The van der Waals surface area contributed by atoms with Gasteiger partial charge in [0.1, 0.15) is 0 Å². The monoisotopic (exact) mass is 411 g/mol. The number of hydrogen-bond acceptors (Lipinski definition) is 3. The van der Waals surface area contributed by atoms with Gasteiger partial charge in [0.15, 0.2) is 0 Å². The molecular formula is C15H15Br2N3O. The first-order valence-corrected chi connectivity index (χ1v) is 7.81. The van der Waals surface area contributed by atoms with Gasteiger partial charge in [0, 0.05) is 28.6 Å². The van der Waals surface area contributed by atoms with Crippen LogP contribution in [0.25, 0.3) is 0 Å². The van der Waals surface area contributed by atoms with Gasteiger partial charge in [-0.15, -0.1) is 0 Å². The lowest BCUT2D eigenvalue weighted by atomic mass is 10.1. The lowest BCUT2D eigenvalue weighted by Gasteiger charge is -2.16. The summed E-state index contributed by atoms with van der Waals surface area (Å²) in [6.07, 6.45) is 0. The molecule has 21 heavy (non-hydrogen) atoms. The van der Waals surface area contributed by atoms with E-state index in [-0.39, 0.29) is 5.91 Å². The molecule has 0 heterocycles. The molecule has 0 spiro atoms. The summed E-state index contributed by atoms with van der Waals surface area (Å²) in [5, 5.41) is 2.87. The van der Waals surface area contributed by atoms with E-state index in [2.05, 4.69) is 37.2 Å². The Kier molecular flexibility index (Phi) is 4.90. The van der Waals surface area contributed by atoms with Crippen LogP contribution in [0.3, 0.4) is 0 Å². The number of para-hydroxylation sites is 1. The molecule has 2 aromatic rings. The lowest BCUT2D eigenvalue weighted by molar-refractivity contribution is 0.102. The first kappa shape index (κ1) is 15.9. The van der Waals surface area contributed by atoms with E-state index in [1.807, 2.05) is 43.3 Å². The molecule has 0 unspecified atom stereocenters. The molecule has 2 rings (SSSR count). The van der Waals surface area contributed by atoms with Gasteiger partial charge in [-0.05, 0) is 62.2 Å². The van der Waals surface area contributed by atoms with Crippen molar-refractivity contribution >= 4 is 54.8 Å². The van der Waals surface area contributed by atoms with E-state index >= 15 is 0 Å². The standard InChI is InChI=1S/C15H15Br2N3O/c1-20(2)13-7-6-9(8-12(13)18)15(21)19-14-10(16)4-3-5-11(14)17/h3-8H,18H2,1-2H3,(H,19,21). The van der Waals surface area contributed by atoms with E-state index in [4.69, 9.17) is 5.73 Å². The average Bonchev–Trinajstić information content (AvgIpc) is 2.42. The van der Waals surface area contributed by atoms with Crippen LogP contribution in [-0.4, -0.2) is 20.0 Å². The molecule has 0 radical (unpaired) electrons. The summed E-state index contributed by atoms with van der Waals surface area (Å²) >= 11 is 6.83. The number of anilines is 3. The molecule has 0 aliphatic rings. The van der Waals surface area contributed by atoms with Crippen LogP contribution < -0.4 is 16.0 Å². The summed E-state index contributed by atoms with van der Waals surface area (Å²) in [5.41, 5.74) is 8.63. The topological polar surface area (TPSA) is 58.4 Å². The molecule has 110 valence electrons. The zero-order valence-corrected chi connectivity index (χ0v) is 14.8. The number of carbonyl (C=O) groups excluding carboxylic acids is 1. The highest BCUT2D eigenvalue weighted by atomic mass is 79.9. The van der Waals surface area contributed by atoms with Crippen molar-refractivity contribution in [2.24, 2.45) is 0 Å². The van der Waals surface area contributed by atoms with Gasteiger partial charge in [-0.1, -0.05) is 6.07 Å². The number of hydrogen-bond donors (Lipinski definition) is 2. The van der Waals surface area contributed by atoms with Gasteiger partial charge in [0.25, 0.3) is 5.91 Å². The van der Waals surface area contributed by atoms with Gasteiger partial charge < -0.3 is 16.0 Å². The molecule has 0 bridgehead atoms. The van der Waals surface area contributed by atoms with E-state index < -0.39 is 0 Å². The summed E-state index contributed by atoms with van der Waals surface area (Å²) in [5.74, 6) is -0.209. The van der Waals surface area contributed by atoms with Gasteiger partial charge in [-0.3, -0.25) is 4.79 Å². The van der Waals surface area contributed by atoms with Gasteiger partial charge in [0.2, 0.25) is 0 Å². The van der Waals surface area contributed by atoms with Crippen molar-refractivity contribution < 1.29 is 4.79 Å². The number of nitrogens with two attached hydrogens (primary N) is 1. The molecule has 0 fully saturated rings. The summed E-state index contributed by atoms with van der Waals surface area (Å²) < 4.78 is 1.62. The molecule has 0 aliphatic carbocycles. The van der Waals surface area contributed by atoms with Crippen molar-refractivity contribution in [1.82, 2.24) is 0 Å². The molecular weight excluding hydrogens is 398 g/mol. The van der Waals surface area contributed by atoms with Crippen LogP contribution >= 0.6 is 31.9 Å². The van der Waals surface area contributed by atoms with Gasteiger partial charge in [-0.25, -0.2) is 0 Å². The van der Waals surface area contributed by atoms with Crippen LogP contribution in [-0.2, 0) is 0 Å². The first-order chi connectivity index (χ1) is 9.90. The van der Waals surface area contributed by atoms with E-state index in [0.717, 1.165) is 14.6 Å². The Morgan fingerprint density at radius 2 is 1.76 bits per heavy atom. The quantitative estimate of drug-likeness (QED) is 0.745. The number of nitrogens with zero attached hydrogens (tertiary/aromatic N) is 1. The first-order valence-electron chi connectivity index (χ1n) is 6.22. The van der Waals surface area contributed by atoms with Crippen molar-refractivity contribution in [3.05, 3.63) is 50.9 Å². The number of benzene rings is 2. The maximum Gasteiger partial charge on any atom is 0.255 e. The third-order valence-electron chi connectivity index (χ3n) is 2.97. The second-order valence-electron chi connectivity index (χ2n) is 4.72. The average molecular weight is 413 g/mol. The molecule has 0 saturated carbocycles. The fraction of sp³-hybridized carbons (Fsp3) is 0.133. The van der Waals surface area contributed by atoms with E-state index in [1.165, 1.54) is 0 Å². The minimum absolute atomic E-state index is 0.209. The molecule has 1 amide bonds. The summed E-state index contributed by atoms with van der Waals surface area (Å²) in [4.78, 5) is 14.2. The minimum Gasteiger partial charge on any atom is -0.397 e. The molecule has 0 aliphatic heterocycles. The fourth-order valence-electron chi connectivity index (χ4n) is 1.91. The Hall–Kier alpha value is -1.53. The molecule has 0 atom stereocenters. The van der Waals surface area contributed by atoms with Crippen molar-refractivity contribution in [1.29, 1.82) is 0 Å². The highest BCUT2D eigenvalue weighted by molar-refractivity contribution is 9.11. The Labute approximate surface area is 140 Å². The number of nitrogens with one attached hydrogen (secondary N) is 1. The van der Waals surface area contributed by atoms with Crippen molar-refractivity contribution in [3.8, 4) is 0 Å². The van der Waals surface area contributed by atoms with E-state index in [9.17, 15) is 4.79 Å². The minimum atomic E-state index is -0.209. The number of amides is 1. The van der Waals surface area contributed by atoms with Crippen LogP contribution in [0.2, 0.25) is 0 Å². The number of carbonyl (C=O) groups is 1. The smallest absolute Gasteiger partial charge is 0.255 e. The third kappa shape index (κ3) is 3.57. The molecule has 6 heteroatoms. The van der Waals surface area contributed by atoms with Crippen LogP contribution in [0, 0.1) is 0 Å². The lowest BCUT2D eigenvalue weighted by Crippen LogP contribution is -2.15. The maximum absolute atomic E-state index is 12.3. The van der Waals surface area contributed by atoms with E-state index in [1.54, 1.807) is 12.1 Å². The summed E-state index contributed by atoms with van der Waals surface area (Å²) in [7, 11) is 3.81. The van der Waals surface area contributed by atoms with Crippen LogP contribution in [0.1, 0.15) is 10.4 Å². The van der Waals surface area contributed by atoms with Crippen LogP contribution in [0.5, 0.6) is 0 Å². The number of nitrogen functional groups attached to an aromatic ring is 1. The van der Waals surface area contributed by atoms with Crippen LogP contribution in [0.4, 0.5) is 17.1 Å². The van der Waals surface area contributed by atoms with Crippen LogP contribution in [0.15, 0.2) is 45.3 Å². The van der Waals surface area contributed by atoms with Gasteiger partial charge in [-0.2, -0.15) is 0 Å². The maximum atomic E-state index is 12.3. The summed E-state index contributed by atoms with van der Waals surface area (Å²) in [6.45, 7) is 0. The molecule has 4 nitrogen and oxygen atoms in total. The highest BCUT2D eigenvalue weighted by Crippen LogP contribution is 2.31. The van der Waals surface area contributed by atoms with Gasteiger partial charge in [0.05, 0.1) is 17.1 Å². The molecule has 3 N–H and O–H groups in total. The number of rotatable bonds is 3. The Morgan fingerprint density at radius 3 is 2.29 bits per heavy atom. The second kappa shape index (κ2) is 6.49. The fourth-order valence-corrected chi connectivity index (χ4v) is 3.10. The molecule has 2 aromatic carbocycles. The molecule has 0 aromatic heterocycles. The normalized spacial score (nSPS) is 10.3. The van der Waals surface area contributed by atoms with Crippen molar-refractivity contribution in [2.45, 2.75) is 0 Å². The summed E-state index contributed by atoms with van der Waals surface area (Å²) in [6, 6.07) is 10.9. The Morgan fingerprint density at radius 1 is 1.14 bits per heavy atom. The zero-order valence-electron chi connectivity index (χ0n) is 11.7. The molecule has 0 saturated heterocycles.